The molecule has 0 amide bonds. The summed E-state index contributed by atoms with van der Waals surface area (Å²) in [4.78, 5) is 0. The lowest BCUT2D eigenvalue weighted by molar-refractivity contribution is 0.0200. The predicted octanol–water partition coefficient (Wildman–Crippen LogP) is 3.03. The molecule has 0 heterocycles. The zero-order valence-electron chi connectivity index (χ0n) is 10.6. The summed E-state index contributed by atoms with van der Waals surface area (Å²) in [7, 11) is 1.83. The van der Waals surface area contributed by atoms with Crippen molar-refractivity contribution in [2.45, 2.75) is 46.6 Å². The van der Waals surface area contributed by atoms with Crippen LogP contribution in [0.3, 0.4) is 0 Å². The van der Waals surface area contributed by atoms with Crippen molar-refractivity contribution in [1.29, 1.82) is 0 Å². The van der Waals surface area contributed by atoms with Crippen LogP contribution in [0.1, 0.15) is 40.5 Å². The monoisotopic (exact) mass is 270 g/mol. The SMILES string of the molecule is CCC(CC)OCC(CS(=O)(=O)Cl)C(C)C. The van der Waals surface area contributed by atoms with Crippen molar-refractivity contribution >= 4 is 19.7 Å². The number of hydrogen-bond acceptors (Lipinski definition) is 3. The van der Waals surface area contributed by atoms with Crippen LogP contribution in [-0.4, -0.2) is 26.9 Å². The first-order chi connectivity index (χ1) is 7.30. The van der Waals surface area contributed by atoms with Gasteiger partial charge in [-0.15, -0.1) is 0 Å². The molecule has 16 heavy (non-hydrogen) atoms. The lowest BCUT2D eigenvalue weighted by Gasteiger charge is -2.22. The highest BCUT2D eigenvalue weighted by atomic mass is 35.7. The summed E-state index contributed by atoms with van der Waals surface area (Å²) < 4.78 is 27.8. The minimum Gasteiger partial charge on any atom is -0.378 e. The fourth-order valence-corrected chi connectivity index (χ4v) is 2.95. The van der Waals surface area contributed by atoms with Crippen molar-refractivity contribution in [3.8, 4) is 0 Å². The van der Waals surface area contributed by atoms with Gasteiger partial charge in [-0.05, 0) is 24.7 Å². The van der Waals surface area contributed by atoms with Gasteiger partial charge in [0.05, 0.1) is 18.5 Å². The van der Waals surface area contributed by atoms with Crippen LogP contribution in [0.2, 0.25) is 0 Å². The molecule has 0 N–H and O–H groups in total. The zero-order valence-corrected chi connectivity index (χ0v) is 12.1. The van der Waals surface area contributed by atoms with Crippen LogP contribution in [0, 0.1) is 11.8 Å². The molecule has 0 fully saturated rings. The predicted molar refractivity (Wildman–Crippen MR) is 68.3 cm³/mol. The maximum Gasteiger partial charge on any atom is 0.232 e. The summed E-state index contributed by atoms with van der Waals surface area (Å²) in [5, 5.41) is 0. The van der Waals surface area contributed by atoms with Gasteiger partial charge in [0.1, 0.15) is 0 Å². The van der Waals surface area contributed by atoms with Gasteiger partial charge in [0, 0.05) is 10.7 Å². The highest BCUT2D eigenvalue weighted by molar-refractivity contribution is 8.13. The van der Waals surface area contributed by atoms with Gasteiger partial charge in [0.25, 0.3) is 0 Å². The second-order valence-corrected chi connectivity index (χ2v) is 7.30. The largest absolute Gasteiger partial charge is 0.378 e. The van der Waals surface area contributed by atoms with Crippen molar-refractivity contribution in [3.63, 3.8) is 0 Å². The minimum absolute atomic E-state index is 0.00757. The van der Waals surface area contributed by atoms with Crippen LogP contribution < -0.4 is 0 Å². The maximum absolute atomic E-state index is 11.0. The molecule has 1 unspecified atom stereocenters. The van der Waals surface area contributed by atoms with Crippen LogP contribution in [0.4, 0.5) is 0 Å². The Bertz CT molecular complexity index is 271. The van der Waals surface area contributed by atoms with Crippen molar-refractivity contribution in [2.75, 3.05) is 12.4 Å². The van der Waals surface area contributed by atoms with E-state index in [1.54, 1.807) is 0 Å². The van der Waals surface area contributed by atoms with Crippen LogP contribution >= 0.6 is 10.7 Å². The fourth-order valence-electron chi connectivity index (χ4n) is 1.47. The first-order valence-corrected chi connectivity index (χ1v) is 8.31. The lowest BCUT2D eigenvalue weighted by atomic mass is 9.99. The molecule has 0 aromatic heterocycles. The molecular formula is C11H23ClO3S. The third kappa shape index (κ3) is 7.47. The van der Waals surface area contributed by atoms with Gasteiger partial charge in [-0.2, -0.15) is 0 Å². The zero-order chi connectivity index (χ0) is 12.8. The Hall–Kier alpha value is 0.200. The highest BCUT2D eigenvalue weighted by Crippen LogP contribution is 2.17. The Balaban J connectivity index is 4.25. The van der Waals surface area contributed by atoms with Crippen LogP contribution in [-0.2, 0) is 13.8 Å². The van der Waals surface area contributed by atoms with Crippen molar-refractivity contribution in [2.24, 2.45) is 11.8 Å². The average Bonchev–Trinajstić information content (AvgIpc) is 2.15. The molecule has 0 saturated carbocycles. The Labute approximate surface area is 104 Å². The van der Waals surface area contributed by atoms with E-state index < -0.39 is 9.05 Å². The van der Waals surface area contributed by atoms with E-state index in [-0.39, 0.29) is 23.7 Å². The Morgan fingerprint density at radius 3 is 2.00 bits per heavy atom. The maximum atomic E-state index is 11.0. The molecule has 0 rings (SSSR count). The van der Waals surface area contributed by atoms with E-state index in [0.29, 0.717) is 6.61 Å². The summed E-state index contributed by atoms with van der Waals surface area (Å²) in [5.41, 5.74) is 0. The van der Waals surface area contributed by atoms with Crippen LogP contribution in [0.15, 0.2) is 0 Å². The molecule has 0 aliphatic carbocycles. The molecule has 0 aromatic carbocycles. The topological polar surface area (TPSA) is 43.4 Å². The molecule has 3 nitrogen and oxygen atoms in total. The highest BCUT2D eigenvalue weighted by Gasteiger charge is 2.21. The Morgan fingerprint density at radius 2 is 1.69 bits per heavy atom. The summed E-state index contributed by atoms with van der Waals surface area (Å²) in [6, 6.07) is 0. The van der Waals surface area contributed by atoms with E-state index in [4.69, 9.17) is 15.4 Å². The summed E-state index contributed by atoms with van der Waals surface area (Å²) in [6.07, 6.45) is 2.13. The van der Waals surface area contributed by atoms with E-state index in [9.17, 15) is 8.42 Å². The van der Waals surface area contributed by atoms with Crippen molar-refractivity contribution in [3.05, 3.63) is 0 Å². The molecule has 1 atom stereocenters. The van der Waals surface area contributed by atoms with Crippen molar-refractivity contribution in [1.82, 2.24) is 0 Å². The van der Waals surface area contributed by atoms with Crippen molar-refractivity contribution < 1.29 is 13.2 Å². The summed E-state index contributed by atoms with van der Waals surface area (Å²) >= 11 is 0. The van der Waals surface area contributed by atoms with Gasteiger partial charge in [0.15, 0.2) is 0 Å². The molecular weight excluding hydrogens is 248 g/mol. The molecule has 5 heteroatoms. The normalized spacial score (nSPS) is 14.7. The third-order valence-corrected chi connectivity index (χ3v) is 4.02. The number of rotatable bonds is 8. The van der Waals surface area contributed by atoms with Crippen LogP contribution in [0.25, 0.3) is 0 Å². The molecule has 0 spiro atoms. The number of hydrogen-bond donors (Lipinski definition) is 0. The van der Waals surface area contributed by atoms with Gasteiger partial charge >= 0.3 is 0 Å². The Morgan fingerprint density at radius 1 is 1.19 bits per heavy atom. The molecule has 0 radical (unpaired) electrons. The smallest absolute Gasteiger partial charge is 0.232 e. The third-order valence-electron chi connectivity index (χ3n) is 2.81. The molecule has 0 bridgehead atoms. The van der Waals surface area contributed by atoms with Gasteiger partial charge in [0.2, 0.25) is 9.05 Å². The van der Waals surface area contributed by atoms with E-state index >= 15 is 0 Å². The molecule has 0 saturated heterocycles. The van der Waals surface area contributed by atoms with Gasteiger partial charge in [-0.3, -0.25) is 0 Å². The summed E-state index contributed by atoms with van der Waals surface area (Å²) in [5.74, 6) is 0.220. The number of ether oxygens (including phenoxy) is 1. The van der Waals surface area contributed by atoms with Gasteiger partial charge < -0.3 is 4.74 Å². The van der Waals surface area contributed by atoms with Gasteiger partial charge in [-0.25, -0.2) is 8.42 Å². The van der Waals surface area contributed by atoms with E-state index in [1.807, 2.05) is 13.8 Å². The Kier molecular flexibility index (Phi) is 7.61. The standard InChI is InChI=1S/C11H23ClO3S/c1-5-11(6-2)15-7-10(9(3)4)8-16(12,13)14/h9-11H,5-8H2,1-4H3. The van der Waals surface area contributed by atoms with E-state index in [0.717, 1.165) is 12.8 Å². The van der Waals surface area contributed by atoms with E-state index in [1.165, 1.54) is 0 Å². The quantitative estimate of drug-likeness (QED) is 0.637. The fraction of sp³-hybridized carbons (Fsp3) is 1.00. The van der Waals surface area contributed by atoms with Crippen LogP contribution in [0.5, 0.6) is 0 Å². The average molecular weight is 271 g/mol. The lowest BCUT2D eigenvalue weighted by Crippen LogP contribution is -2.26. The summed E-state index contributed by atoms with van der Waals surface area (Å²) in [6.45, 7) is 8.58. The van der Waals surface area contributed by atoms with E-state index in [2.05, 4.69) is 13.8 Å². The molecule has 0 aliphatic heterocycles. The first-order valence-electron chi connectivity index (χ1n) is 5.84. The first kappa shape index (κ1) is 16.2. The molecule has 0 aromatic rings. The molecule has 0 aliphatic rings. The number of halogens is 1. The minimum atomic E-state index is -3.44. The molecule has 98 valence electrons. The second kappa shape index (κ2) is 7.51. The van der Waals surface area contributed by atoms with Gasteiger partial charge in [-0.1, -0.05) is 27.7 Å². The second-order valence-electron chi connectivity index (χ2n) is 4.48.